The Bertz CT molecular complexity index is 496. The zero-order valence-electron chi connectivity index (χ0n) is 9.43. The number of imidazole rings is 1. The van der Waals surface area contributed by atoms with Gasteiger partial charge in [0.05, 0.1) is 18.6 Å². The minimum atomic E-state index is 0.777. The first-order chi connectivity index (χ1) is 7.84. The second-order valence-electron chi connectivity index (χ2n) is 4.27. The molecule has 0 spiro atoms. The van der Waals surface area contributed by atoms with Crippen molar-refractivity contribution in [3.8, 4) is 0 Å². The van der Waals surface area contributed by atoms with Crippen LogP contribution in [-0.2, 0) is 26.4 Å². The van der Waals surface area contributed by atoms with Crippen LogP contribution in [0, 0.1) is 0 Å². The number of aromatic nitrogens is 5. The Labute approximate surface area is 94.1 Å². The third-order valence-corrected chi connectivity index (χ3v) is 3.23. The van der Waals surface area contributed by atoms with Gasteiger partial charge in [-0.1, -0.05) is 0 Å². The Hall–Kier alpha value is -1.65. The topological polar surface area (TPSA) is 48.5 Å². The molecule has 1 aliphatic rings. The SMILES string of the molecule is Cn1ncnc1Cn1cnc2c1CCCC2. The fourth-order valence-electron chi connectivity index (χ4n) is 2.28. The lowest BCUT2D eigenvalue weighted by Gasteiger charge is -2.13. The number of fused-ring (bicyclic) bond motifs is 1. The van der Waals surface area contributed by atoms with E-state index in [0.717, 1.165) is 25.2 Å². The molecule has 0 unspecified atom stereocenters. The fraction of sp³-hybridized carbons (Fsp3) is 0.545. The van der Waals surface area contributed by atoms with Gasteiger partial charge in [-0.3, -0.25) is 4.68 Å². The van der Waals surface area contributed by atoms with Gasteiger partial charge in [0, 0.05) is 12.7 Å². The summed E-state index contributed by atoms with van der Waals surface area (Å²) in [7, 11) is 1.92. The summed E-state index contributed by atoms with van der Waals surface area (Å²) in [5.41, 5.74) is 2.66. The molecule has 84 valence electrons. The van der Waals surface area contributed by atoms with Gasteiger partial charge in [-0.15, -0.1) is 0 Å². The molecule has 3 rings (SSSR count). The van der Waals surface area contributed by atoms with E-state index >= 15 is 0 Å². The normalized spacial score (nSPS) is 15.1. The molecule has 0 atom stereocenters. The van der Waals surface area contributed by atoms with Crippen LogP contribution < -0.4 is 0 Å². The van der Waals surface area contributed by atoms with Gasteiger partial charge in [-0.05, 0) is 25.7 Å². The van der Waals surface area contributed by atoms with Crippen LogP contribution in [0.4, 0.5) is 0 Å². The standard InChI is InChI=1S/C11H15N5/c1-15-11(12-7-14-15)6-16-8-13-9-4-2-3-5-10(9)16/h7-8H,2-6H2,1H3. The monoisotopic (exact) mass is 217 g/mol. The summed E-state index contributed by atoms with van der Waals surface area (Å²) in [5.74, 6) is 0.978. The van der Waals surface area contributed by atoms with Crippen LogP contribution in [0.15, 0.2) is 12.7 Å². The van der Waals surface area contributed by atoms with Crippen LogP contribution in [0.2, 0.25) is 0 Å². The molecule has 2 aromatic heterocycles. The Morgan fingerprint density at radius 1 is 1.25 bits per heavy atom. The summed E-state index contributed by atoms with van der Waals surface area (Å²) < 4.78 is 4.02. The minimum absolute atomic E-state index is 0.777. The molecule has 0 aliphatic heterocycles. The molecule has 2 heterocycles. The molecule has 0 aromatic carbocycles. The summed E-state index contributed by atoms with van der Waals surface area (Å²) in [6.07, 6.45) is 8.35. The van der Waals surface area contributed by atoms with Crippen molar-refractivity contribution in [1.82, 2.24) is 24.3 Å². The van der Waals surface area contributed by atoms with Gasteiger partial charge < -0.3 is 4.57 Å². The van der Waals surface area contributed by atoms with E-state index in [2.05, 4.69) is 19.6 Å². The van der Waals surface area contributed by atoms with E-state index in [1.165, 1.54) is 24.2 Å². The Morgan fingerprint density at radius 2 is 2.12 bits per heavy atom. The summed E-state index contributed by atoms with van der Waals surface area (Å²) in [4.78, 5) is 8.72. The van der Waals surface area contributed by atoms with Crippen molar-refractivity contribution in [3.63, 3.8) is 0 Å². The molecular weight excluding hydrogens is 202 g/mol. The van der Waals surface area contributed by atoms with E-state index < -0.39 is 0 Å². The largest absolute Gasteiger partial charge is 0.327 e. The van der Waals surface area contributed by atoms with Crippen LogP contribution in [0.1, 0.15) is 30.1 Å². The van der Waals surface area contributed by atoms with Crippen molar-refractivity contribution in [1.29, 1.82) is 0 Å². The highest BCUT2D eigenvalue weighted by molar-refractivity contribution is 5.17. The van der Waals surface area contributed by atoms with E-state index in [1.54, 1.807) is 6.33 Å². The average Bonchev–Trinajstić information content (AvgIpc) is 2.88. The van der Waals surface area contributed by atoms with Crippen LogP contribution in [-0.4, -0.2) is 24.3 Å². The summed E-state index contributed by atoms with van der Waals surface area (Å²) in [5, 5.41) is 4.08. The van der Waals surface area contributed by atoms with Gasteiger partial charge in [0.2, 0.25) is 0 Å². The van der Waals surface area contributed by atoms with Gasteiger partial charge in [0.15, 0.2) is 0 Å². The predicted molar refractivity (Wildman–Crippen MR) is 59.0 cm³/mol. The van der Waals surface area contributed by atoms with E-state index in [9.17, 15) is 0 Å². The average molecular weight is 217 g/mol. The smallest absolute Gasteiger partial charge is 0.146 e. The predicted octanol–water partition coefficient (Wildman–Crippen LogP) is 0.939. The molecule has 0 amide bonds. The zero-order chi connectivity index (χ0) is 11.0. The number of aryl methyl sites for hydroxylation is 2. The first kappa shape index (κ1) is 9.57. The maximum Gasteiger partial charge on any atom is 0.146 e. The Kier molecular flexibility index (Phi) is 2.23. The Morgan fingerprint density at radius 3 is 2.94 bits per heavy atom. The first-order valence-electron chi connectivity index (χ1n) is 5.70. The number of rotatable bonds is 2. The minimum Gasteiger partial charge on any atom is -0.327 e. The van der Waals surface area contributed by atoms with Gasteiger partial charge in [0.1, 0.15) is 12.2 Å². The van der Waals surface area contributed by atoms with Gasteiger partial charge >= 0.3 is 0 Å². The summed E-state index contributed by atoms with van der Waals surface area (Å²) >= 11 is 0. The number of hydrogen-bond donors (Lipinski definition) is 0. The highest BCUT2D eigenvalue weighted by Crippen LogP contribution is 2.20. The molecule has 0 radical (unpaired) electrons. The second kappa shape index (κ2) is 3.73. The lowest BCUT2D eigenvalue weighted by molar-refractivity contribution is 0.600. The highest BCUT2D eigenvalue weighted by atomic mass is 15.3. The van der Waals surface area contributed by atoms with Crippen molar-refractivity contribution in [3.05, 3.63) is 29.9 Å². The maximum absolute atomic E-state index is 4.47. The summed E-state index contributed by atoms with van der Waals surface area (Å²) in [6.45, 7) is 0.777. The molecule has 16 heavy (non-hydrogen) atoms. The molecule has 1 aliphatic carbocycles. The molecule has 0 saturated carbocycles. The van der Waals surface area contributed by atoms with Gasteiger partial charge in [-0.25, -0.2) is 9.97 Å². The molecular formula is C11H15N5. The zero-order valence-corrected chi connectivity index (χ0v) is 9.43. The van der Waals surface area contributed by atoms with Crippen molar-refractivity contribution in [2.45, 2.75) is 32.2 Å². The van der Waals surface area contributed by atoms with Crippen molar-refractivity contribution >= 4 is 0 Å². The third kappa shape index (κ3) is 1.52. The van der Waals surface area contributed by atoms with E-state index in [-0.39, 0.29) is 0 Å². The number of nitrogens with zero attached hydrogens (tertiary/aromatic N) is 5. The van der Waals surface area contributed by atoms with Crippen LogP contribution in [0.5, 0.6) is 0 Å². The lowest BCUT2D eigenvalue weighted by Crippen LogP contribution is -2.11. The van der Waals surface area contributed by atoms with E-state index in [1.807, 2.05) is 18.1 Å². The third-order valence-electron chi connectivity index (χ3n) is 3.23. The highest BCUT2D eigenvalue weighted by Gasteiger charge is 2.15. The van der Waals surface area contributed by atoms with Crippen molar-refractivity contribution < 1.29 is 0 Å². The molecule has 0 saturated heterocycles. The molecule has 0 bridgehead atoms. The molecule has 5 heteroatoms. The first-order valence-corrected chi connectivity index (χ1v) is 5.70. The number of hydrogen-bond acceptors (Lipinski definition) is 3. The maximum atomic E-state index is 4.47. The fourth-order valence-corrected chi connectivity index (χ4v) is 2.28. The Balaban J connectivity index is 1.90. The molecule has 2 aromatic rings. The lowest BCUT2D eigenvalue weighted by atomic mass is 10.0. The van der Waals surface area contributed by atoms with Gasteiger partial charge in [0.25, 0.3) is 0 Å². The van der Waals surface area contributed by atoms with E-state index in [0.29, 0.717) is 0 Å². The van der Waals surface area contributed by atoms with Crippen LogP contribution >= 0.6 is 0 Å². The second-order valence-corrected chi connectivity index (χ2v) is 4.27. The van der Waals surface area contributed by atoms with E-state index in [4.69, 9.17) is 0 Å². The molecule has 0 fully saturated rings. The molecule has 5 nitrogen and oxygen atoms in total. The summed E-state index contributed by atoms with van der Waals surface area (Å²) in [6, 6.07) is 0. The van der Waals surface area contributed by atoms with Crippen LogP contribution in [0.25, 0.3) is 0 Å². The van der Waals surface area contributed by atoms with Crippen molar-refractivity contribution in [2.24, 2.45) is 7.05 Å². The van der Waals surface area contributed by atoms with Crippen molar-refractivity contribution in [2.75, 3.05) is 0 Å². The molecule has 0 N–H and O–H groups in total. The van der Waals surface area contributed by atoms with Gasteiger partial charge in [-0.2, -0.15) is 5.10 Å². The quantitative estimate of drug-likeness (QED) is 0.752. The van der Waals surface area contributed by atoms with Crippen LogP contribution in [0.3, 0.4) is 0 Å².